The van der Waals surface area contributed by atoms with Gasteiger partial charge in [-0.2, -0.15) is 0 Å². The largest absolute Gasteiger partial charge is 0.323 e. The van der Waals surface area contributed by atoms with E-state index in [4.69, 9.17) is 23.2 Å². The quantitative estimate of drug-likeness (QED) is 0.443. The zero-order valence-electron chi connectivity index (χ0n) is 15.0. The normalized spacial score (nSPS) is 13.7. The van der Waals surface area contributed by atoms with Gasteiger partial charge in [-0.15, -0.1) is 0 Å². The number of carbonyl (C=O) groups is 2. The molecule has 0 saturated carbocycles. The van der Waals surface area contributed by atoms with Crippen LogP contribution in [0, 0.1) is 0 Å². The zero-order valence-corrected chi connectivity index (χ0v) is 16.5. The van der Waals surface area contributed by atoms with Crippen LogP contribution < -0.4 is 16.0 Å². The lowest BCUT2D eigenvalue weighted by Gasteiger charge is -2.09. The predicted octanol–water partition coefficient (Wildman–Crippen LogP) is 6.13. The highest BCUT2D eigenvalue weighted by Gasteiger charge is 2.24. The maximum Gasteiger partial charge on any atom is 0.323 e. The zero-order chi connectivity index (χ0) is 20.4. The minimum Gasteiger partial charge on any atom is -0.321 e. The topological polar surface area (TPSA) is 70.2 Å². The van der Waals surface area contributed by atoms with Crippen LogP contribution in [-0.4, -0.2) is 11.9 Å². The Morgan fingerprint density at radius 2 is 1.62 bits per heavy atom. The van der Waals surface area contributed by atoms with Crippen LogP contribution in [0.4, 0.5) is 21.9 Å². The molecule has 29 heavy (non-hydrogen) atoms. The van der Waals surface area contributed by atoms with Gasteiger partial charge in [-0.3, -0.25) is 4.79 Å². The molecule has 0 radical (unpaired) electrons. The van der Waals surface area contributed by atoms with Gasteiger partial charge in [-0.25, -0.2) is 4.79 Å². The van der Waals surface area contributed by atoms with Gasteiger partial charge in [0.05, 0.1) is 15.7 Å². The van der Waals surface area contributed by atoms with Crippen molar-refractivity contribution in [2.45, 2.75) is 0 Å². The molecule has 0 atom stereocenters. The van der Waals surface area contributed by atoms with E-state index in [1.165, 1.54) is 0 Å². The van der Waals surface area contributed by atoms with Crippen molar-refractivity contribution in [1.29, 1.82) is 0 Å². The van der Waals surface area contributed by atoms with Gasteiger partial charge in [0.15, 0.2) is 0 Å². The maximum absolute atomic E-state index is 12.4. The molecule has 0 aromatic heterocycles. The molecule has 1 aliphatic heterocycles. The summed E-state index contributed by atoms with van der Waals surface area (Å²) in [5.41, 5.74) is 3.90. The van der Waals surface area contributed by atoms with E-state index in [2.05, 4.69) is 16.0 Å². The van der Waals surface area contributed by atoms with Crippen molar-refractivity contribution in [3.05, 3.63) is 87.9 Å². The fraction of sp³-hybridized carbons (Fsp3) is 0. The number of hydrogen-bond acceptors (Lipinski definition) is 2. The van der Waals surface area contributed by atoms with E-state index in [0.29, 0.717) is 32.7 Å². The van der Waals surface area contributed by atoms with E-state index in [1.54, 1.807) is 54.6 Å². The van der Waals surface area contributed by atoms with Gasteiger partial charge in [-0.1, -0.05) is 53.5 Å². The molecule has 4 rings (SSSR count). The monoisotopic (exact) mass is 423 g/mol. The van der Waals surface area contributed by atoms with Crippen molar-refractivity contribution in [1.82, 2.24) is 0 Å². The van der Waals surface area contributed by atoms with Crippen molar-refractivity contribution in [2.75, 3.05) is 16.0 Å². The number of urea groups is 1. The molecule has 7 heteroatoms. The molecule has 144 valence electrons. The number of hydrogen-bond donors (Lipinski definition) is 3. The third-order valence-corrected chi connectivity index (χ3v) is 5.09. The second-order valence-corrected chi connectivity index (χ2v) is 7.21. The number of para-hydroxylation sites is 1. The van der Waals surface area contributed by atoms with Gasteiger partial charge in [0.1, 0.15) is 0 Å². The Balaban J connectivity index is 1.54. The van der Waals surface area contributed by atoms with Gasteiger partial charge in [0.2, 0.25) is 0 Å². The number of rotatable bonds is 3. The first kappa shape index (κ1) is 19.1. The smallest absolute Gasteiger partial charge is 0.321 e. The Bertz CT molecular complexity index is 1140. The van der Waals surface area contributed by atoms with Crippen molar-refractivity contribution >= 4 is 63.9 Å². The van der Waals surface area contributed by atoms with Crippen LogP contribution in [0.25, 0.3) is 11.6 Å². The molecule has 3 amide bonds. The SMILES string of the molecule is O=C(Nc1ccccc1)Nc1ccc2c(c1)NC(=O)/C2=C/c1ccc(Cl)c(Cl)c1. The number of halogens is 2. The molecular weight excluding hydrogens is 409 g/mol. The minimum absolute atomic E-state index is 0.225. The van der Waals surface area contributed by atoms with Gasteiger partial charge >= 0.3 is 6.03 Å². The number of fused-ring (bicyclic) bond motifs is 1. The number of benzene rings is 3. The lowest BCUT2D eigenvalue weighted by atomic mass is 10.0. The van der Waals surface area contributed by atoms with Gasteiger partial charge in [0, 0.05) is 22.5 Å². The molecule has 0 bridgehead atoms. The number of amides is 3. The molecule has 3 N–H and O–H groups in total. The molecule has 1 aliphatic rings. The van der Waals surface area contributed by atoms with E-state index in [-0.39, 0.29) is 11.9 Å². The molecule has 3 aromatic rings. The van der Waals surface area contributed by atoms with Crippen molar-refractivity contribution in [2.24, 2.45) is 0 Å². The van der Waals surface area contributed by atoms with Crippen molar-refractivity contribution < 1.29 is 9.59 Å². The van der Waals surface area contributed by atoms with E-state index in [1.807, 2.05) is 18.2 Å². The highest BCUT2D eigenvalue weighted by molar-refractivity contribution is 6.42. The summed E-state index contributed by atoms with van der Waals surface area (Å²) in [6.45, 7) is 0. The Labute approximate surface area is 177 Å². The highest BCUT2D eigenvalue weighted by atomic mass is 35.5. The standard InChI is InChI=1S/C22H15Cl2N3O2/c23-18-9-6-13(11-19(18)24)10-17-16-8-7-15(12-20(16)27-21(17)28)26-22(29)25-14-4-2-1-3-5-14/h1-12H,(H,27,28)(H2,25,26,29)/b17-10+. The third kappa shape index (κ3) is 4.26. The summed E-state index contributed by atoms with van der Waals surface area (Å²) in [6.07, 6.45) is 1.75. The molecule has 1 heterocycles. The first-order chi connectivity index (χ1) is 14.0. The molecule has 5 nitrogen and oxygen atoms in total. The number of carbonyl (C=O) groups excluding carboxylic acids is 2. The molecular formula is C22H15Cl2N3O2. The first-order valence-electron chi connectivity index (χ1n) is 8.75. The first-order valence-corrected chi connectivity index (χ1v) is 9.51. The average Bonchev–Trinajstić information content (AvgIpc) is 3.00. The molecule has 0 spiro atoms. The van der Waals surface area contributed by atoms with Crippen LogP contribution in [-0.2, 0) is 4.79 Å². The van der Waals surface area contributed by atoms with Crippen LogP contribution in [0.15, 0.2) is 66.7 Å². The Morgan fingerprint density at radius 3 is 2.38 bits per heavy atom. The molecule has 0 saturated heterocycles. The van der Waals surface area contributed by atoms with Crippen LogP contribution in [0.1, 0.15) is 11.1 Å². The minimum atomic E-state index is -0.368. The summed E-state index contributed by atoms with van der Waals surface area (Å²) >= 11 is 12.0. The summed E-state index contributed by atoms with van der Waals surface area (Å²) in [5.74, 6) is -0.225. The van der Waals surface area contributed by atoms with Crippen LogP contribution in [0.3, 0.4) is 0 Å². The van der Waals surface area contributed by atoms with Crippen molar-refractivity contribution in [3.8, 4) is 0 Å². The van der Waals surface area contributed by atoms with Crippen LogP contribution in [0.2, 0.25) is 10.0 Å². The van der Waals surface area contributed by atoms with Crippen LogP contribution in [0.5, 0.6) is 0 Å². The molecule has 0 fully saturated rings. The molecule has 3 aromatic carbocycles. The molecule has 0 aliphatic carbocycles. The summed E-state index contributed by atoms with van der Waals surface area (Å²) in [7, 11) is 0. The predicted molar refractivity (Wildman–Crippen MR) is 118 cm³/mol. The summed E-state index contributed by atoms with van der Waals surface area (Å²) < 4.78 is 0. The lowest BCUT2D eigenvalue weighted by Crippen LogP contribution is -2.19. The van der Waals surface area contributed by atoms with E-state index in [9.17, 15) is 9.59 Å². The summed E-state index contributed by atoms with van der Waals surface area (Å²) in [5, 5.41) is 9.20. The second-order valence-electron chi connectivity index (χ2n) is 6.39. The van der Waals surface area contributed by atoms with Gasteiger partial charge in [-0.05, 0) is 48.0 Å². The van der Waals surface area contributed by atoms with Crippen molar-refractivity contribution in [3.63, 3.8) is 0 Å². The lowest BCUT2D eigenvalue weighted by molar-refractivity contribution is -0.110. The average molecular weight is 424 g/mol. The van der Waals surface area contributed by atoms with Crippen LogP contribution >= 0.6 is 23.2 Å². The van der Waals surface area contributed by atoms with Gasteiger partial charge < -0.3 is 16.0 Å². The number of nitrogens with one attached hydrogen (secondary N) is 3. The van der Waals surface area contributed by atoms with Gasteiger partial charge in [0.25, 0.3) is 5.91 Å². The third-order valence-electron chi connectivity index (χ3n) is 4.35. The summed E-state index contributed by atoms with van der Waals surface area (Å²) in [6, 6.07) is 19.2. The summed E-state index contributed by atoms with van der Waals surface area (Å²) in [4.78, 5) is 24.6. The Morgan fingerprint density at radius 1 is 0.862 bits per heavy atom. The fourth-order valence-corrected chi connectivity index (χ4v) is 3.31. The highest BCUT2D eigenvalue weighted by Crippen LogP contribution is 2.35. The second kappa shape index (κ2) is 7.99. The maximum atomic E-state index is 12.4. The molecule has 0 unspecified atom stereocenters. The van der Waals surface area contributed by atoms with E-state index >= 15 is 0 Å². The number of anilines is 3. The van der Waals surface area contributed by atoms with E-state index < -0.39 is 0 Å². The van der Waals surface area contributed by atoms with E-state index in [0.717, 1.165) is 11.1 Å². The fourth-order valence-electron chi connectivity index (χ4n) is 3.00. The Kier molecular flexibility index (Phi) is 5.25. The Hall–Kier alpha value is -3.28.